The molecule has 4 nitrogen and oxygen atoms in total. The molecule has 1 heterocycles. The minimum atomic E-state index is -1.19. The number of nitrogens with zero attached hydrogens (tertiary/aromatic N) is 1. The third-order valence-electron chi connectivity index (χ3n) is 2.14. The van der Waals surface area contributed by atoms with Crippen molar-refractivity contribution in [2.45, 2.75) is 13.5 Å². The second-order valence-corrected chi connectivity index (χ2v) is 4.52. The van der Waals surface area contributed by atoms with Crippen molar-refractivity contribution in [1.82, 2.24) is 4.98 Å². The Morgan fingerprint density at radius 1 is 1.41 bits per heavy atom. The second-order valence-electron chi connectivity index (χ2n) is 3.46. The van der Waals surface area contributed by atoms with Gasteiger partial charge >= 0.3 is 0 Å². The summed E-state index contributed by atoms with van der Waals surface area (Å²) in [4.78, 5) is 14.8. The van der Waals surface area contributed by atoms with Gasteiger partial charge in [-0.25, -0.2) is 4.98 Å². The standard InChI is InChI=1S/C12H11NO3S/c1-8-13-10(7-17-8)6-16-11-4-2-9(3-5-11)12(14)15/h2-5,7H,6H2,1H3,(H,14,15)/p-1. The van der Waals surface area contributed by atoms with Crippen LogP contribution in [0.5, 0.6) is 5.75 Å². The molecule has 1 aromatic carbocycles. The van der Waals surface area contributed by atoms with E-state index in [1.165, 1.54) is 12.1 Å². The Labute approximate surface area is 103 Å². The third-order valence-corrected chi connectivity index (χ3v) is 2.97. The fraction of sp³-hybridized carbons (Fsp3) is 0.167. The Bertz CT molecular complexity index is 519. The lowest BCUT2D eigenvalue weighted by molar-refractivity contribution is -0.255. The molecule has 0 radical (unpaired) electrons. The number of aromatic nitrogens is 1. The van der Waals surface area contributed by atoms with E-state index in [2.05, 4.69) is 4.98 Å². The van der Waals surface area contributed by atoms with Crippen LogP contribution in [0.4, 0.5) is 0 Å². The first-order chi connectivity index (χ1) is 8.15. The number of hydrogen-bond donors (Lipinski definition) is 0. The van der Waals surface area contributed by atoms with Crippen molar-refractivity contribution in [3.8, 4) is 5.75 Å². The predicted molar refractivity (Wildman–Crippen MR) is 62.0 cm³/mol. The number of benzene rings is 1. The SMILES string of the molecule is Cc1nc(COc2ccc(C(=O)[O-])cc2)cs1. The lowest BCUT2D eigenvalue weighted by Crippen LogP contribution is -2.21. The minimum Gasteiger partial charge on any atom is -0.545 e. The number of rotatable bonds is 4. The van der Waals surface area contributed by atoms with Gasteiger partial charge in [0, 0.05) is 5.38 Å². The molecule has 0 fully saturated rings. The van der Waals surface area contributed by atoms with Gasteiger partial charge in [0.05, 0.1) is 16.7 Å². The van der Waals surface area contributed by atoms with Crippen LogP contribution < -0.4 is 9.84 Å². The zero-order valence-corrected chi connectivity index (χ0v) is 9.99. The summed E-state index contributed by atoms with van der Waals surface area (Å²) in [5, 5.41) is 13.5. The van der Waals surface area contributed by atoms with Crippen LogP contribution in [0.1, 0.15) is 21.1 Å². The quantitative estimate of drug-likeness (QED) is 0.820. The minimum absolute atomic E-state index is 0.141. The molecule has 0 atom stereocenters. The van der Waals surface area contributed by atoms with E-state index in [0.29, 0.717) is 12.4 Å². The topological polar surface area (TPSA) is 62.2 Å². The summed E-state index contributed by atoms with van der Waals surface area (Å²) >= 11 is 1.57. The Balaban J connectivity index is 1.97. The molecule has 0 saturated carbocycles. The number of carbonyl (C=O) groups excluding carboxylic acids is 1. The largest absolute Gasteiger partial charge is 0.545 e. The number of carboxylic acids is 1. The lowest BCUT2D eigenvalue weighted by atomic mass is 10.2. The zero-order valence-electron chi connectivity index (χ0n) is 9.17. The zero-order chi connectivity index (χ0) is 12.3. The highest BCUT2D eigenvalue weighted by atomic mass is 32.1. The van der Waals surface area contributed by atoms with Gasteiger partial charge in [-0.05, 0) is 36.8 Å². The lowest BCUT2D eigenvalue weighted by Gasteiger charge is -2.06. The van der Waals surface area contributed by atoms with Gasteiger partial charge in [0.2, 0.25) is 0 Å². The number of carboxylic acid groups (broad SMARTS) is 1. The van der Waals surface area contributed by atoms with Gasteiger partial charge in [0.1, 0.15) is 12.4 Å². The van der Waals surface area contributed by atoms with E-state index in [9.17, 15) is 9.90 Å². The molecule has 5 heteroatoms. The maximum Gasteiger partial charge on any atom is 0.131 e. The highest BCUT2D eigenvalue weighted by molar-refractivity contribution is 7.09. The second kappa shape index (κ2) is 4.97. The highest BCUT2D eigenvalue weighted by Crippen LogP contribution is 2.15. The fourth-order valence-electron chi connectivity index (χ4n) is 1.32. The Hall–Kier alpha value is -1.88. The molecular formula is C12H10NO3S-. The van der Waals surface area contributed by atoms with Crippen LogP contribution in [0.15, 0.2) is 29.6 Å². The number of aromatic carboxylic acids is 1. The molecule has 0 unspecified atom stereocenters. The Morgan fingerprint density at radius 2 is 2.12 bits per heavy atom. The van der Waals surface area contributed by atoms with Crippen molar-refractivity contribution in [1.29, 1.82) is 0 Å². The van der Waals surface area contributed by atoms with Gasteiger partial charge in [-0.2, -0.15) is 0 Å². The van der Waals surface area contributed by atoms with Crippen molar-refractivity contribution in [2.75, 3.05) is 0 Å². The first-order valence-corrected chi connectivity index (χ1v) is 5.88. The van der Waals surface area contributed by atoms with Gasteiger partial charge < -0.3 is 14.6 Å². The van der Waals surface area contributed by atoms with Crippen molar-refractivity contribution in [3.05, 3.63) is 45.9 Å². The molecule has 0 N–H and O–H groups in total. The van der Waals surface area contributed by atoms with Crippen molar-refractivity contribution in [3.63, 3.8) is 0 Å². The normalized spacial score (nSPS) is 10.2. The summed E-state index contributed by atoms with van der Waals surface area (Å²) < 4.78 is 5.47. The summed E-state index contributed by atoms with van der Waals surface area (Å²) in [6.07, 6.45) is 0. The van der Waals surface area contributed by atoms with E-state index < -0.39 is 5.97 Å². The first-order valence-electron chi connectivity index (χ1n) is 5.00. The van der Waals surface area contributed by atoms with Crippen LogP contribution >= 0.6 is 11.3 Å². The van der Waals surface area contributed by atoms with E-state index in [1.807, 2.05) is 12.3 Å². The Kier molecular flexibility index (Phi) is 3.39. The van der Waals surface area contributed by atoms with Gasteiger partial charge in [-0.15, -0.1) is 11.3 Å². The van der Waals surface area contributed by atoms with Gasteiger partial charge in [0.25, 0.3) is 0 Å². The van der Waals surface area contributed by atoms with Crippen LogP contribution in [0, 0.1) is 6.92 Å². The number of carbonyl (C=O) groups is 1. The predicted octanol–water partition coefficient (Wildman–Crippen LogP) is 1.39. The van der Waals surface area contributed by atoms with E-state index in [4.69, 9.17) is 4.74 Å². The molecule has 88 valence electrons. The molecule has 2 aromatic rings. The molecular weight excluding hydrogens is 238 g/mol. The molecule has 2 rings (SSSR count). The summed E-state index contributed by atoms with van der Waals surface area (Å²) in [5.74, 6) is -0.577. The average Bonchev–Trinajstić information content (AvgIpc) is 2.73. The summed E-state index contributed by atoms with van der Waals surface area (Å²) in [6.45, 7) is 2.32. The van der Waals surface area contributed by atoms with Gasteiger partial charge in [-0.1, -0.05) is 0 Å². The molecule has 0 bridgehead atoms. The number of hydrogen-bond acceptors (Lipinski definition) is 5. The number of ether oxygens (including phenoxy) is 1. The molecule has 17 heavy (non-hydrogen) atoms. The van der Waals surface area contributed by atoms with E-state index >= 15 is 0 Å². The average molecular weight is 248 g/mol. The molecule has 0 amide bonds. The third kappa shape index (κ3) is 3.04. The van der Waals surface area contributed by atoms with Crippen molar-refractivity contribution in [2.24, 2.45) is 0 Å². The Morgan fingerprint density at radius 3 is 2.65 bits per heavy atom. The van der Waals surface area contributed by atoms with Crippen LogP contribution in [0.2, 0.25) is 0 Å². The van der Waals surface area contributed by atoms with Crippen molar-refractivity contribution < 1.29 is 14.6 Å². The molecule has 0 saturated heterocycles. The van der Waals surface area contributed by atoms with Crippen LogP contribution in [-0.4, -0.2) is 11.0 Å². The van der Waals surface area contributed by atoms with Crippen LogP contribution in [0.3, 0.4) is 0 Å². The van der Waals surface area contributed by atoms with E-state index in [-0.39, 0.29) is 5.56 Å². The summed E-state index contributed by atoms with van der Waals surface area (Å²) in [6, 6.07) is 6.11. The maximum atomic E-state index is 10.5. The summed E-state index contributed by atoms with van der Waals surface area (Å²) in [5.41, 5.74) is 1.01. The number of thiazole rings is 1. The van der Waals surface area contributed by atoms with E-state index in [1.54, 1.807) is 23.5 Å². The monoisotopic (exact) mass is 248 g/mol. The van der Waals surface area contributed by atoms with Crippen LogP contribution in [-0.2, 0) is 6.61 Å². The smallest absolute Gasteiger partial charge is 0.131 e. The highest BCUT2D eigenvalue weighted by Gasteiger charge is 2.00. The molecule has 1 aromatic heterocycles. The van der Waals surface area contributed by atoms with E-state index in [0.717, 1.165) is 10.7 Å². The molecule has 0 spiro atoms. The van der Waals surface area contributed by atoms with Crippen LogP contribution in [0.25, 0.3) is 0 Å². The molecule has 0 aliphatic rings. The van der Waals surface area contributed by atoms with Gasteiger partial charge in [-0.3, -0.25) is 0 Å². The first kappa shape index (κ1) is 11.6. The fourth-order valence-corrected chi connectivity index (χ4v) is 1.92. The van der Waals surface area contributed by atoms with Crippen molar-refractivity contribution >= 4 is 17.3 Å². The van der Waals surface area contributed by atoms with Gasteiger partial charge in [0.15, 0.2) is 0 Å². The molecule has 0 aliphatic carbocycles. The summed E-state index contributed by atoms with van der Waals surface area (Å²) in [7, 11) is 0. The molecule has 0 aliphatic heterocycles. The number of aryl methyl sites for hydroxylation is 1. The maximum absolute atomic E-state index is 10.5.